The average Bonchev–Trinajstić information content (AvgIpc) is 2.52. The molecule has 3 heteroatoms. The number of nitrogens with one attached hydrogen (secondary N) is 1. The molecule has 0 aliphatic carbocycles. The second-order valence-electron chi connectivity index (χ2n) is 4.51. The summed E-state index contributed by atoms with van der Waals surface area (Å²) in [5.74, 6) is 0. The summed E-state index contributed by atoms with van der Waals surface area (Å²) in [6.45, 7) is 6.57. The van der Waals surface area contributed by atoms with Gasteiger partial charge in [-0.2, -0.15) is 0 Å². The first-order chi connectivity index (χ1) is 6.47. The number of hydrogen-bond donors (Lipinski definition) is 1. The minimum atomic E-state index is -0.784. The molecule has 0 bridgehead atoms. The van der Waals surface area contributed by atoms with Gasteiger partial charge in [0.1, 0.15) is 6.17 Å². The Labute approximate surface area is 89.3 Å². The summed E-state index contributed by atoms with van der Waals surface area (Å²) in [7, 11) is 0. The van der Waals surface area contributed by atoms with Gasteiger partial charge in [0, 0.05) is 23.4 Å². The zero-order valence-electron chi connectivity index (χ0n) is 9.01. The van der Waals surface area contributed by atoms with Crippen molar-refractivity contribution in [2.75, 3.05) is 6.54 Å². The van der Waals surface area contributed by atoms with Gasteiger partial charge in [0.05, 0.1) is 0 Å². The van der Waals surface area contributed by atoms with Crippen LogP contribution < -0.4 is 5.32 Å². The summed E-state index contributed by atoms with van der Waals surface area (Å²) in [5, 5.41) is 5.15. The molecule has 0 amide bonds. The summed E-state index contributed by atoms with van der Waals surface area (Å²) in [5.41, 5.74) is -0.000209. The van der Waals surface area contributed by atoms with Crippen molar-refractivity contribution < 1.29 is 4.39 Å². The fourth-order valence-corrected chi connectivity index (χ4v) is 1.90. The zero-order valence-corrected chi connectivity index (χ0v) is 9.83. The Hall–Kier alpha value is -0.410. The number of thiophene rings is 1. The van der Waals surface area contributed by atoms with Gasteiger partial charge in [-0.1, -0.05) is 6.07 Å². The quantitative estimate of drug-likeness (QED) is 0.814. The molecule has 1 N–H and O–H groups in total. The standard InChI is InChI=1S/C11H18FNS/c1-11(2,3)13-8-9(12)7-10-5-4-6-14-10/h4-6,9,13H,7-8H2,1-3H3. The van der Waals surface area contributed by atoms with Crippen LogP contribution in [0.1, 0.15) is 25.6 Å². The minimum absolute atomic E-state index is 0.000209. The van der Waals surface area contributed by atoms with Gasteiger partial charge in [0.2, 0.25) is 0 Å². The Bertz CT molecular complexity index is 251. The van der Waals surface area contributed by atoms with Crippen LogP contribution in [0.3, 0.4) is 0 Å². The zero-order chi connectivity index (χ0) is 10.6. The van der Waals surface area contributed by atoms with E-state index >= 15 is 0 Å². The molecule has 1 rings (SSSR count). The van der Waals surface area contributed by atoms with Gasteiger partial charge in [0.15, 0.2) is 0 Å². The summed E-state index contributed by atoms with van der Waals surface area (Å²) in [4.78, 5) is 1.12. The molecule has 0 aromatic carbocycles. The molecule has 1 nitrogen and oxygen atoms in total. The highest BCUT2D eigenvalue weighted by Gasteiger charge is 2.13. The third kappa shape index (κ3) is 4.72. The van der Waals surface area contributed by atoms with E-state index in [0.29, 0.717) is 13.0 Å². The number of halogens is 1. The van der Waals surface area contributed by atoms with Crippen LogP contribution in [0.5, 0.6) is 0 Å². The van der Waals surface area contributed by atoms with Crippen molar-refractivity contribution in [2.24, 2.45) is 0 Å². The maximum Gasteiger partial charge on any atom is 0.117 e. The Morgan fingerprint density at radius 2 is 2.21 bits per heavy atom. The molecule has 80 valence electrons. The molecule has 1 unspecified atom stereocenters. The van der Waals surface area contributed by atoms with Crippen molar-refractivity contribution in [3.63, 3.8) is 0 Å². The molecule has 0 spiro atoms. The molecule has 1 aromatic heterocycles. The van der Waals surface area contributed by atoms with E-state index in [-0.39, 0.29) is 5.54 Å². The first kappa shape index (κ1) is 11.7. The van der Waals surface area contributed by atoms with Crippen molar-refractivity contribution in [1.29, 1.82) is 0 Å². The molecule has 0 saturated carbocycles. The summed E-state index contributed by atoms with van der Waals surface area (Å²) in [6, 6.07) is 3.94. The minimum Gasteiger partial charge on any atom is -0.309 e. The molecule has 0 aliphatic rings. The molecular weight excluding hydrogens is 197 g/mol. The predicted octanol–water partition coefficient (Wildman–Crippen LogP) is 3.02. The third-order valence-electron chi connectivity index (χ3n) is 1.86. The lowest BCUT2D eigenvalue weighted by Crippen LogP contribution is -2.40. The lowest BCUT2D eigenvalue weighted by Gasteiger charge is -2.21. The topological polar surface area (TPSA) is 12.0 Å². The van der Waals surface area contributed by atoms with Gasteiger partial charge in [-0.3, -0.25) is 0 Å². The van der Waals surface area contributed by atoms with E-state index < -0.39 is 6.17 Å². The first-order valence-corrected chi connectivity index (χ1v) is 5.77. The highest BCUT2D eigenvalue weighted by Crippen LogP contribution is 2.12. The summed E-state index contributed by atoms with van der Waals surface area (Å²) < 4.78 is 13.4. The van der Waals surface area contributed by atoms with Gasteiger partial charge in [-0.25, -0.2) is 4.39 Å². The average molecular weight is 215 g/mol. The predicted molar refractivity (Wildman–Crippen MR) is 60.7 cm³/mol. The third-order valence-corrected chi connectivity index (χ3v) is 2.76. The van der Waals surface area contributed by atoms with Crippen molar-refractivity contribution in [3.05, 3.63) is 22.4 Å². The van der Waals surface area contributed by atoms with Crippen LogP contribution in [0.15, 0.2) is 17.5 Å². The van der Waals surface area contributed by atoms with Crippen LogP contribution in [-0.2, 0) is 6.42 Å². The van der Waals surface area contributed by atoms with Crippen molar-refractivity contribution in [3.8, 4) is 0 Å². The van der Waals surface area contributed by atoms with Crippen LogP contribution in [0.2, 0.25) is 0 Å². The van der Waals surface area contributed by atoms with Gasteiger partial charge in [-0.15, -0.1) is 11.3 Å². The van der Waals surface area contributed by atoms with Crippen molar-refractivity contribution in [2.45, 2.75) is 38.9 Å². The molecular formula is C11H18FNS. The Morgan fingerprint density at radius 3 is 2.71 bits per heavy atom. The van der Waals surface area contributed by atoms with Crippen LogP contribution in [-0.4, -0.2) is 18.3 Å². The molecule has 1 aromatic rings. The molecule has 0 fully saturated rings. The smallest absolute Gasteiger partial charge is 0.117 e. The van der Waals surface area contributed by atoms with Crippen LogP contribution in [0, 0.1) is 0 Å². The lowest BCUT2D eigenvalue weighted by molar-refractivity contribution is 0.285. The number of alkyl halides is 1. The van der Waals surface area contributed by atoms with Gasteiger partial charge < -0.3 is 5.32 Å². The molecule has 0 radical (unpaired) electrons. The fourth-order valence-electron chi connectivity index (χ4n) is 1.14. The number of rotatable bonds is 4. The van der Waals surface area contributed by atoms with Gasteiger partial charge >= 0.3 is 0 Å². The van der Waals surface area contributed by atoms with Gasteiger partial charge in [0.25, 0.3) is 0 Å². The maximum absolute atomic E-state index is 13.4. The molecule has 0 saturated heterocycles. The monoisotopic (exact) mass is 215 g/mol. The molecule has 0 aliphatic heterocycles. The van der Waals surface area contributed by atoms with E-state index in [0.717, 1.165) is 4.88 Å². The van der Waals surface area contributed by atoms with E-state index in [2.05, 4.69) is 5.32 Å². The van der Waals surface area contributed by atoms with E-state index in [9.17, 15) is 4.39 Å². The van der Waals surface area contributed by atoms with Gasteiger partial charge in [-0.05, 0) is 32.2 Å². The molecule has 1 heterocycles. The Morgan fingerprint density at radius 1 is 1.50 bits per heavy atom. The van der Waals surface area contributed by atoms with Crippen LogP contribution in [0.4, 0.5) is 4.39 Å². The largest absolute Gasteiger partial charge is 0.309 e. The lowest BCUT2D eigenvalue weighted by atomic mass is 10.1. The van der Waals surface area contributed by atoms with Crippen LogP contribution >= 0.6 is 11.3 Å². The van der Waals surface area contributed by atoms with E-state index in [1.54, 1.807) is 11.3 Å². The normalized spacial score (nSPS) is 14.3. The van der Waals surface area contributed by atoms with Crippen molar-refractivity contribution in [1.82, 2.24) is 5.32 Å². The number of hydrogen-bond acceptors (Lipinski definition) is 2. The second-order valence-corrected chi connectivity index (χ2v) is 5.54. The van der Waals surface area contributed by atoms with Crippen molar-refractivity contribution >= 4 is 11.3 Å². The van der Waals surface area contributed by atoms with Crippen LogP contribution in [0.25, 0.3) is 0 Å². The summed E-state index contributed by atoms with van der Waals surface area (Å²) in [6.07, 6.45) is -0.256. The highest BCUT2D eigenvalue weighted by atomic mass is 32.1. The fraction of sp³-hybridized carbons (Fsp3) is 0.636. The van der Waals surface area contributed by atoms with E-state index in [1.807, 2.05) is 38.3 Å². The maximum atomic E-state index is 13.4. The molecule has 14 heavy (non-hydrogen) atoms. The molecule has 1 atom stereocenters. The first-order valence-electron chi connectivity index (χ1n) is 4.89. The summed E-state index contributed by atoms with van der Waals surface area (Å²) >= 11 is 1.62. The second kappa shape index (κ2) is 4.89. The van der Waals surface area contributed by atoms with E-state index in [4.69, 9.17) is 0 Å². The Balaban J connectivity index is 2.26. The Kier molecular flexibility index (Phi) is 4.08. The SMILES string of the molecule is CC(C)(C)NCC(F)Cc1cccs1. The van der Waals surface area contributed by atoms with E-state index in [1.165, 1.54) is 0 Å². The highest BCUT2D eigenvalue weighted by molar-refractivity contribution is 7.09.